The topological polar surface area (TPSA) is 79.3 Å². The minimum atomic E-state index is -0.416. The van der Waals surface area contributed by atoms with E-state index in [2.05, 4.69) is 40.1 Å². The second-order valence-corrected chi connectivity index (χ2v) is 16.7. The van der Waals surface area contributed by atoms with Crippen LogP contribution in [0.25, 0.3) is 0 Å². The number of piperidine rings is 1. The molecule has 1 saturated heterocycles. The first-order valence-corrected chi connectivity index (χ1v) is 20.2. The van der Waals surface area contributed by atoms with Crippen LogP contribution in [-0.2, 0) is 27.8 Å². The lowest BCUT2D eigenvalue weighted by atomic mass is 9.50. The molecular weight excluding hydrogens is 624 g/mol. The molecule has 1 amide bonds. The zero-order chi connectivity index (χ0) is 34.2. The van der Waals surface area contributed by atoms with Crippen molar-refractivity contribution in [3.05, 3.63) is 53.1 Å². The van der Waals surface area contributed by atoms with E-state index in [9.17, 15) is 14.7 Å². The molecule has 3 saturated carbocycles. The Bertz CT molecular complexity index is 1530. The Morgan fingerprint density at radius 2 is 1.80 bits per heavy atom. The highest BCUT2D eigenvalue weighted by Crippen LogP contribution is 2.66. The van der Waals surface area contributed by atoms with E-state index in [0.29, 0.717) is 29.9 Å². The molecule has 50 heavy (non-hydrogen) atoms. The van der Waals surface area contributed by atoms with E-state index in [4.69, 9.17) is 9.47 Å². The van der Waals surface area contributed by atoms with Crippen LogP contribution >= 0.6 is 0 Å². The molecule has 5 atom stereocenters. The maximum absolute atomic E-state index is 14.5. The zero-order valence-corrected chi connectivity index (χ0v) is 30.3. The van der Waals surface area contributed by atoms with Crippen LogP contribution in [0, 0.1) is 17.8 Å². The number of esters is 1. The Labute approximate surface area is 299 Å². The molecule has 8 rings (SSSR count). The van der Waals surface area contributed by atoms with Crippen LogP contribution in [0.15, 0.2) is 36.4 Å². The van der Waals surface area contributed by atoms with E-state index >= 15 is 0 Å². The van der Waals surface area contributed by atoms with Crippen molar-refractivity contribution in [2.24, 2.45) is 17.8 Å². The summed E-state index contributed by atoms with van der Waals surface area (Å²) in [6.45, 7) is 4.30. The van der Waals surface area contributed by atoms with Gasteiger partial charge in [0.25, 0.3) is 0 Å². The number of nitrogens with zero attached hydrogens (tertiary/aromatic N) is 2. The molecule has 7 heteroatoms. The van der Waals surface area contributed by atoms with Crippen LogP contribution in [0.3, 0.4) is 0 Å². The van der Waals surface area contributed by atoms with Gasteiger partial charge in [0.1, 0.15) is 11.9 Å². The Balaban J connectivity index is 1.07. The van der Waals surface area contributed by atoms with Crippen molar-refractivity contribution >= 4 is 11.9 Å². The van der Waals surface area contributed by atoms with E-state index in [0.717, 1.165) is 100 Å². The molecular formula is C43H58N2O5. The lowest BCUT2D eigenvalue weighted by Gasteiger charge is -2.60. The molecule has 2 aromatic carbocycles. The first kappa shape index (κ1) is 34.0. The van der Waals surface area contributed by atoms with Crippen molar-refractivity contribution in [3.8, 4) is 17.2 Å². The molecule has 0 aromatic heterocycles. The van der Waals surface area contributed by atoms with Crippen LogP contribution in [0.5, 0.6) is 17.2 Å². The second kappa shape index (κ2) is 14.5. The normalized spacial score (nSPS) is 28.5. The van der Waals surface area contributed by atoms with E-state index in [-0.39, 0.29) is 29.2 Å². The quantitative estimate of drug-likeness (QED) is 0.123. The van der Waals surface area contributed by atoms with Gasteiger partial charge in [-0.05, 0) is 94.1 Å². The molecule has 1 N–H and O–H groups in total. The summed E-state index contributed by atoms with van der Waals surface area (Å²) < 4.78 is 12.9. The predicted octanol–water partition coefficient (Wildman–Crippen LogP) is 8.13. The Hall–Kier alpha value is -3.06. The molecule has 270 valence electrons. The summed E-state index contributed by atoms with van der Waals surface area (Å²) in [6.07, 6.45) is 19.9. The lowest BCUT2D eigenvalue weighted by molar-refractivity contribution is -0.143. The maximum atomic E-state index is 14.5. The molecule has 2 aromatic rings. The van der Waals surface area contributed by atoms with E-state index in [1.165, 1.54) is 63.9 Å². The van der Waals surface area contributed by atoms with Crippen molar-refractivity contribution in [1.82, 2.24) is 9.80 Å². The van der Waals surface area contributed by atoms with Gasteiger partial charge < -0.3 is 19.5 Å². The van der Waals surface area contributed by atoms with Crippen molar-refractivity contribution in [1.29, 1.82) is 0 Å². The van der Waals surface area contributed by atoms with Crippen molar-refractivity contribution in [3.63, 3.8) is 0 Å². The summed E-state index contributed by atoms with van der Waals surface area (Å²) in [5.74, 6) is 3.09. The highest BCUT2D eigenvalue weighted by molar-refractivity contribution is 5.77. The first-order chi connectivity index (χ1) is 24.4. The number of phenols is 1. The number of carbonyl (C=O) groups is 2. The number of rotatable bonds is 14. The van der Waals surface area contributed by atoms with Crippen LogP contribution < -0.4 is 9.47 Å². The number of carbonyl (C=O) groups excluding carboxylic acids is 2. The molecule has 4 aliphatic carbocycles. The fraction of sp³-hybridized carbons (Fsp3) is 0.674. The van der Waals surface area contributed by atoms with Crippen molar-refractivity contribution in [2.75, 3.05) is 19.6 Å². The zero-order valence-electron chi connectivity index (χ0n) is 30.3. The monoisotopic (exact) mass is 682 g/mol. The highest BCUT2D eigenvalue weighted by Gasteiger charge is 2.67. The average Bonchev–Trinajstić information content (AvgIpc) is 3.87. The number of likely N-dealkylation sites (tertiary alicyclic amines) is 1. The van der Waals surface area contributed by atoms with E-state index in [1.807, 2.05) is 0 Å². The lowest BCUT2D eigenvalue weighted by Crippen LogP contribution is -2.69. The van der Waals surface area contributed by atoms with Gasteiger partial charge in [0.05, 0.1) is 6.04 Å². The van der Waals surface area contributed by atoms with Crippen molar-refractivity contribution in [2.45, 2.75) is 146 Å². The number of ether oxygens (including phenoxy) is 2. The Kier molecular flexibility index (Phi) is 9.89. The number of hydrogen-bond acceptors (Lipinski definition) is 6. The summed E-state index contributed by atoms with van der Waals surface area (Å²) in [4.78, 5) is 31.7. The number of phenolic OH excluding ortho intramolecular Hbond substituents is 1. The van der Waals surface area contributed by atoms with Crippen LogP contribution in [0.1, 0.15) is 126 Å². The maximum Gasteiger partial charge on any atom is 0.308 e. The molecule has 1 spiro atoms. The van der Waals surface area contributed by atoms with Gasteiger partial charge in [0.15, 0.2) is 11.5 Å². The minimum absolute atomic E-state index is 0.0462. The van der Waals surface area contributed by atoms with E-state index in [1.54, 1.807) is 6.07 Å². The second-order valence-electron chi connectivity index (χ2n) is 16.7. The summed E-state index contributed by atoms with van der Waals surface area (Å²) in [7, 11) is 0. The molecule has 2 bridgehead atoms. The third kappa shape index (κ3) is 6.57. The van der Waals surface area contributed by atoms with E-state index < -0.39 is 5.97 Å². The average molecular weight is 683 g/mol. The molecule has 7 nitrogen and oxygen atoms in total. The molecule has 4 fully saturated rings. The van der Waals surface area contributed by atoms with Gasteiger partial charge in [-0.1, -0.05) is 75.3 Å². The summed E-state index contributed by atoms with van der Waals surface area (Å²) in [5, 5.41) is 11.5. The molecule has 2 aliphatic heterocycles. The van der Waals surface area contributed by atoms with Gasteiger partial charge >= 0.3 is 5.97 Å². The Morgan fingerprint density at radius 3 is 2.58 bits per heavy atom. The smallest absolute Gasteiger partial charge is 0.308 e. The van der Waals surface area contributed by atoms with Crippen molar-refractivity contribution < 1.29 is 24.2 Å². The van der Waals surface area contributed by atoms with Gasteiger partial charge in [0, 0.05) is 55.1 Å². The number of aryl methyl sites for hydroxylation is 1. The molecule has 0 radical (unpaired) electrons. The van der Waals surface area contributed by atoms with Crippen LogP contribution in [0.2, 0.25) is 0 Å². The third-order valence-corrected chi connectivity index (χ3v) is 13.6. The SMILES string of the molecule is CC(=O)Oc1cc(O)c2c3c1O[C@H]1[C@@H](N(CCCCc4ccccc4)C(=O)CCCCC4CCCCC4)CC[C@H]4[C@@H](C2)N(CC2CC2)CC[C@@]341. The fourth-order valence-corrected chi connectivity index (χ4v) is 11.1. The van der Waals surface area contributed by atoms with Gasteiger partial charge in [-0.3, -0.25) is 14.5 Å². The number of amides is 1. The largest absolute Gasteiger partial charge is 0.508 e. The molecule has 2 heterocycles. The van der Waals surface area contributed by atoms with Gasteiger partial charge in [-0.25, -0.2) is 0 Å². The third-order valence-electron chi connectivity index (χ3n) is 13.6. The standard InChI is InChI=1S/C43H58N2O5/c1-29(46)49-38-27-37(47)33-26-36-34-21-22-35(42-43(34,40(33)41(38)50-42)23-25-44(36)28-32-19-20-32)45(24-11-10-17-31-14-6-3-7-15-31)39(48)18-9-8-16-30-12-4-2-5-13-30/h3,6-7,14-15,27,30,32,34-36,42,47H,2,4-5,8-13,16-26,28H2,1H3/t34-,35-,36+,42-,43-/m0/s1. The number of unbranched alkanes of at least 4 members (excludes halogenated alkanes) is 2. The van der Waals surface area contributed by atoms with Crippen LogP contribution in [0.4, 0.5) is 0 Å². The van der Waals surface area contributed by atoms with Crippen LogP contribution in [-0.4, -0.2) is 64.6 Å². The van der Waals surface area contributed by atoms with Gasteiger partial charge in [-0.2, -0.15) is 0 Å². The molecule has 6 aliphatic rings. The summed E-state index contributed by atoms with van der Waals surface area (Å²) in [6, 6.07) is 12.6. The highest BCUT2D eigenvalue weighted by atomic mass is 16.6. The summed E-state index contributed by atoms with van der Waals surface area (Å²) >= 11 is 0. The van der Waals surface area contributed by atoms with Gasteiger partial charge in [0.2, 0.25) is 5.91 Å². The minimum Gasteiger partial charge on any atom is -0.508 e. The molecule has 0 unspecified atom stereocenters. The van der Waals surface area contributed by atoms with Gasteiger partial charge in [-0.15, -0.1) is 0 Å². The fourth-order valence-electron chi connectivity index (χ4n) is 11.1. The number of aromatic hydroxyl groups is 1. The predicted molar refractivity (Wildman–Crippen MR) is 195 cm³/mol. The number of benzene rings is 2. The first-order valence-electron chi connectivity index (χ1n) is 20.2. The number of hydrogen-bond donors (Lipinski definition) is 1. The Morgan fingerprint density at radius 1 is 0.980 bits per heavy atom. The summed E-state index contributed by atoms with van der Waals surface area (Å²) in [5.41, 5.74) is 3.11.